The summed E-state index contributed by atoms with van der Waals surface area (Å²) < 4.78 is 15.7. The van der Waals surface area contributed by atoms with Crippen molar-refractivity contribution in [3.05, 3.63) is 59.2 Å². The standard InChI is InChI=1S/C19H25N3O3.HI/c1-23-13-16-7-5-4-6-15(16)12-22-19(20)21-11-14-8-9-17(24-2)18(10-14)25-3;/h4-10H,11-13H2,1-3H3,(H3,20,21,22);1H. The van der Waals surface area contributed by atoms with E-state index in [1.54, 1.807) is 21.3 Å². The first-order chi connectivity index (χ1) is 12.2. The third-order valence-electron chi connectivity index (χ3n) is 3.76. The zero-order valence-electron chi connectivity index (χ0n) is 15.3. The van der Waals surface area contributed by atoms with Gasteiger partial charge in [-0.3, -0.25) is 0 Å². The number of nitrogens with two attached hydrogens (primary N) is 1. The Bertz CT molecular complexity index is 723. The maximum Gasteiger partial charge on any atom is 0.189 e. The van der Waals surface area contributed by atoms with Crippen LogP contribution in [0.1, 0.15) is 16.7 Å². The van der Waals surface area contributed by atoms with E-state index in [0.29, 0.717) is 37.2 Å². The van der Waals surface area contributed by atoms with Crippen molar-refractivity contribution in [2.24, 2.45) is 10.7 Å². The molecule has 0 amide bonds. The summed E-state index contributed by atoms with van der Waals surface area (Å²) in [5, 5.41) is 3.14. The van der Waals surface area contributed by atoms with Crippen molar-refractivity contribution < 1.29 is 14.2 Å². The average molecular weight is 471 g/mol. The Morgan fingerprint density at radius 1 is 1.00 bits per heavy atom. The zero-order valence-corrected chi connectivity index (χ0v) is 17.7. The highest BCUT2D eigenvalue weighted by atomic mass is 127. The molecule has 2 aromatic rings. The lowest BCUT2D eigenvalue weighted by molar-refractivity contribution is 0.184. The lowest BCUT2D eigenvalue weighted by Crippen LogP contribution is -2.31. The summed E-state index contributed by atoms with van der Waals surface area (Å²) in [5.74, 6) is 1.76. The summed E-state index contributed by atoms with van der Waals surface area (Å²) >= 11 is 0. The number of guanidine groups is 1. The molecule has 2 aromatic carbocycles. The number of ether oxygens (including phenoxy) is 3. The van der Waals surface area contributed by atoms with Gasteiger partial charge in [-0.1, -0.05) is 30.3 Å². The van der Waals surface area contributed by atoms with Crippen molar-refractivity contribution in [3.8, 4) is 11.5 Å². The highest BCUT2D eigenvalue weighted by molar-refractivity contribution is 14.0. The molecule has 0 radical (unpaired) electrons. The molecule has 7 heteroatoms. The van der Waals surface area contributed by atoms with Gasteiger partial charge in [-0.25, -0.2) is 4.99 Å². The maximum absolute atomic E-state index is 5.97. The van der Waals surface area contributed by atoms with E-state index in [0.717, 1.165) is 16.7 Å². The zero-order chi connectivity index (χ0) is 18.1. The van der Waals surface area contributed by atoms with Gasteiger partial charge in [0.15, 0.2) is 17.5 Å². The molecule has 0 saturated heterocycles. The number of aliphatic imine (C=N–C) groups is 1. The Hall–Kier alpha value is -2.00. The number of benzene rings is 2. The first-order valence-corrected chi connectivity index (χ1v) is 7.98. The summed E-state index contributed by atoms with van der Waals surface area (Å²) in [5.41, 5.74) is 9.22. The molecule has 142 valence electrons. The summed E-state index contributed by atoms with van der Waals surface area (Å²) in [6, 6.07) is 13.8. The van der Waals surface area contributed by atoms with Gasteiger partial charge in [0.1, 0.15) is 0 Å². The molecule has 0 spiro atoms. The van der Waals surface area contributed by atoms with Crippen LogP contribution in [0.3, 0.4) is 0 Å². The molecule has 0 aliphatic heterocycles. The monoisotopic (exact) mass is 471 g/mol. The smallest absolute Gasteiger partial charge is 0.189 e. The molecule has 2 rings (SSSR count). The Kier molecular flexibility index (Phi) is 9.82. The lowest BCUT2D eigenvalue weighted by atomic mass is 10.1. The van der Waals surface area contributed by atoms with E-state index >= 15 is 0 Å². The first kappa shape index (κ1) is 22.0. The second kappa shape index (κ2) is 11.6. The van der Waals surface area contributed by atoms with E-state index in [1.807, 2.05) is 42.5 Å². The molecule has 0 unspecified atom stereocenters. The molecule has 3 N–H and O–H groups in total. The van der Waals surface area contributed by atoms with Crippen LogP contribution in [0.15, 0.2) is 47.5 Å². The van der Waals surface area contributed by atoms with Gasteiger partial charge >= 0.3 is 0 Å². The number of hydrogen-bond donors (Lipinski definition) is 2. The van der Waals surface area contributed by atoms with Crippen LogP contribution >= 0.6 is 24.0 Å². The van der Waals surface area contributed by atoms with E-state index in [4.69, 9.17) is 19.9 Å². The van der Waals surface area contributed by atoms with Crippen LogP contribution in [-0.2, 0) is 24.4 Å². The Morgan fingerprint density at radius 3 is 2.35 bits per heavy atom. The Balaban J connectivity index is 0.00000338. The van der Waals surface area contributed by atoms with Crippen molar-refractivity contribution in [1.82, 2.24) is 5.32 Å². The van der Waals surface area contributed by atoms with Crippen LogP contribution in [0, 0.1) is 0 Å². The largest absolute Gasteiger partial charge is 0.493 e. The minimum absolute atomic E-state index is 0. The summed E-state index contributed by atoms with van der Waals surface area (Å²) in [4.78, 5) is 4.37. The summed E-state index contributed by atoms with van der Waals surface area (Å²) in [7, 11) is 4.90. The van der Waals surface area contributed by atoms with Crippen molar-refractivity contribution in [1.29, 1.82) is 0 Å². The third-order valence-corrected chi connectivity index (χ3v) is 3.76. The second-order valence-electron chi connectivity index (χ2n) is 5.45. The van der Waals surface area contributed by atoms with Crippen LogP contribution in [0.5, 0.6) is 11.5 Å². The average Bonchev–Trinajstić information content (AvgIpc) is 2.65. The molecule has 0 aliphatic carbocycles. The van der Waals surface area contributed by atoms with E-state index in [9.17, 15) is 0 Å². The molecule has 0 atom stereocenters. The van der Waals surface area contributed by atoms with Gasteiger partial charge in [0.25, 0.3) is 0 Å². The van der Waals surface area contributed by atoms with Crippen molar-refractivity contribution in [2.75, 3.05) is 21.3 Å². The maximum atomic E-state index is 5.97. The van der Waals surface area contributed by atoms with E-state index in [-0.39, 0.29) is 24.0 Å². The van der Waals surface area contributed by atoms with Gasteiger partial charge in [0, 0.05) is 13.7 Å². The molecule has 6 nitrogen and oxygen atoms in total. The van der Waals surface area contributed by atoms with E-state index in [2.05, 4.69) is 10.3 Å². The fourth-order valence-corrected chi connectivity index (χ4v) is 2.42. The number of halogens is 1. The third kappa shape index (κ3) is 6.38. The number of rotatable bonds is 8. The second-order valence-corrected chi connectivity index (χ2v) is 5.45. The quantitative estimate of drug-likeness (QED) is 0.352. The molecule has 0 fully saturated rings. The van der Waals surface area contributed by atoms with Crippen LogP contribution in [0.2, 0.25) is 0 Å². The molecule has 0 aliphatic rings. The van der Waals surface area contributed by atoms with Gasteiger partial charge in [-0.2, -0.15) is 0 Å². The number of nitrogens with zero attached hydrogens (tertiary/aromatic N) is 1. The fourth-order valence-electron chi connectivity index (χ4n) is 2.42. The number of hydrogen-bond acceptors (Lipinski definition) is 4. The van der Waals surface area contributed by atoms with Crippen LogP contribution in [-0.4, -0.2) is 27.3 Å². The SMILES string of the molecule is COCc1ccccc1CNC(N)=NCc1ccc(OC)c(OC)c1.I. The minimum atomic E-state index is 0. The number of nitrogens with one attached hydrogen (secondary N) is 1. The first-order valence-electron chi connectivity index (χ1n) is 7.98. The molecule has 0 aromatic heterocycles. The predicted octanol–water partition coefficient (Wildman–Crippen LogP) is 3.07. The van der Waals surface area contributed by atoms with Crippen molar-refractivity contribution >= 4 is 29.9 Å². The molecular formula is C19H26IN3O3. The molecule has 0 bridgehead atoms. The van der Waals surface area contributed by atoms with Gasteiger partial charge in [0.05, 0.1) is 27.4 Å². The van der Waals surface area contributed by atoms with E-state index in [1.165, 1.54) is 0 Å². The Morgan fingerprint density at radius 2 is 1.69 bits per heavy atom. The van der Waals surface area contributed by atoms with Gasteiger partial charge in [-0.05, 0) is 28.8 Å². The molecule has 26 heavy (non-hydrogen) atoms. The predicted molar refractivity (Wildman–Crippen MR) is 114 cm³/mol. The van der Waals surface area contributed by atoms with Crippen LogP contribution in [0.25, 0.3) is 0 Å². The topological polar surface area (TPSA) is 78.1 Å². The normalized spacial score (nSPS) is 10.8. The minimum Gasteiger partial charge on any atom is -0.493 e. The highest BCUT2D eigenvalue weighted by Crippen LogP contribution is 2.27. The Labute approximate surface area is 171 Å². The molecule has 0 heterocycles. The highest BCUT2D eigenvalue weighted by Gasteiger charge is 2.05. The summed E-state index contributed by atoms with van der Waals surface area (Å²) in [6.07, 6.45) is 0. The van der Waals surface area contributed by atoms with Crippen molar-refractivity contribution in [3.63, 3.8) is 0 Å². The summed E-state index contributed by atoms with van der Waals surface area (Å²) in [6.45, 7) is 1.63. The van der Waals surface area contributed by atoms with Gasteiger partial charge in [0.2, 0.25) is 0 Å². The molecule has 0 saturated carbocycles. The fraction of sp³-hybridized carbons (Fsp3) is 0.316. The van der Waals surface area contributed by atoms with Crippen LogP contribution in [0.4, 0.5) is 0 Å². The van der Waals surface area contributed by atoms with E-state index < -0.39 is 0 Å². The van der Waals surface area contributed by atoms with Crippen molar-refractivity contribution in [2.45, 2.75) is 19.7 Å². The van der Waals surface area contributed by atoms with Gasteiger partial charge < -0.3 is 25.3 Å². The number of methoxy groups -OCH3 is 3. The molecular weight excluding hydrogens is 445 g/mol. The van der Waals surface area contributed by atoms with Crippen LogP contribution < -0.4 is 20.5 Å². The van der Waals surface area contributed by atoms with Gasteiger partial charge in [-0.15, -0.1) is 24.0 Å². The lowest BCUT2D eigenvalue weighted by Gasteiger charge is -2.11.